The van der Waals surface area contributed by atoms with Crippen LogP contribution in [0.4, 0.5) is 13.2 Å². The minimum atomic E-state index is -4.39. The van der Waals surface area contributed by atoms with Crippen LogP contribution in [-0.2, 0) is 23.9 Å². The molecule has 1 amide bonds. The number of alkyl halides is 3. The Morgan fingerprint density at radius 3 is 2.42 bits per heavy atom. The van der Waals surface area contributed by atoms with E-state index in [0.29, 0.717) is 17.9 Å². The molecule has 0 fully saturated rings. The van der Waals surface area contributed by atoms with E-state index in [1.165, 1.54) is 12.1 Å². The van der Waals surface area contributed by atoms with E-state index in [0.717, 1.165) is 17.7 Å². The highest BCUT2D eigenvalue weighted by atomic mass is 19.4. The van der Waals surface area contributed by atoms with Crippen molar-refractivity contribution in [2.45, 2.75) is 19.1 Å². The topological polar surface area (TPSA) is 83.6 Å². The van der Waals surface area contributed by atoms with Crippen molar-refractivity contribution in [1.29, 1.82) is 0 Å². The molecule has 0 aliphatic carbocycles. The van der Waals surface area contributed by atoms with Gasteiger partial charge < -0.3 is 5.32 Å². The molecule has 0 aliphatic rings. The third-order valence-corrected chi connectivity index (χ3v) is 3.57. The van der Waals surface area contributed by atoms with Crippen molar-refractivity contribution in [2.24, 2.45) is 0 Å². The summed E-state index contributed by atoms with van der Waals surface area (Å²) in [6.07, 6.45) is -1.14. The maximum Gasteiger partial charge on any atom is 0.416 e. The highest BCUT2D eigenvalue weighted by molar-refractivity contribution is 5.77. The summed E-state index contributed by atoms with van der Waals surface area (Å²) in [6.45, 7) is 0.362. The molecule has 0 aliphatic heterocycles. The van der Waals surface area contributed by atoms with Crippen molar-refractivity contribution in [3.05, 3.63) is 65.7 Å². The second-order valence-corrected chi connectivity index (χ2v) is 5.49. The maximum atomic E-state index is 12.6. The fourth-order valence-corrected chi connectivity index (χ4v) is 2.23. The van der Waals surface area contributed by atoms with E-state index in [-0.39, 0.29) is 18.2 Å². The Labute approximate surface area is 146 Å². The van der Waals surface area contributed by atoms with Crippen molar-refractivity contribution in [2.75, 3.05) is 0 Å². The summed E-state index contributed by atoms with van der Waals surface area (Å²) in [5, 5.41) is 9.31. The molecule has 0 spiro atoms. The Bertz CT molecular complexity index is 875. The van der Waals surface area contributed by atoms with Crippen LogP contribution in [0.1, 0.15) is 17.0 Å². The zero-order valence-corrected chi connectivity index (χ0v) is 13.4. The molecule has 0 saturated carbocycles. The number of aromatic amines is 1. The lowest BCUT2D eigenvalue weighted by Crippen LogP contribution is -2.25. The van der Waals surface area contributed by atoms with Gasteiger partial charge in [0.15, 0.2) is 5.82 Å². The van der Waals surface area contributed by atoms with E-state index in [2.05, 4.69) is 25.5 Å². The zero-order chi connectivity index (χ0) is 18.6. The largest absolute Gasteiger partial charge is 0.416 e. The van der Waals surface area contributed by atoms with Crippen LogP contribution in [0.5, 0.6) is 0 Å². The van der Waals surface area contributed by atoms with Gasteiger partial charge in [-0.2, -0.15) is 18.3 Å². The number of carbonyl (C=O) groups excluding carboxylic acids is 1. The van der Waals surface area contributed by atoms with Gasteiger partial charge in [0.2, 0.25) is 5.91 Å². The molecule has 2 heterocycles. The molecule has 9 heteroatoms. The second kappa shape index (κ2) is 7.34. The summed E-state index contributed by atoms with van der Waals surface area (Å²) in [6, 6.07) is 8.09. The molecule has 2 aromatic heterocycles. The highest BCUT2D eigenvalue weighted by Crippen LogP contribution is 2.30. The lowest BCUT2D eigenvalue weighted by atomic mass is 10.1. The van der Waals surface area contributed by atoms with Crippen molar-refractivity contribution in [1.82, 2.24) is 25.5 Å². The van der Waals surface area contributed by atoms with Crippen LogP contribution in [0.15, 0.2) is 48.8 Å². The highest BCUT2D eigenvalue weighted by Gasteiger charge is 2.30. The monoisotopic (exact) mass is 361 g/mol. The van der Waals surface area contributed by atoms with Crippen molar-refractivity contribution in [3.63, 3.8) is 0 Å². The first kappa shape index (κ1) is 17.6. The number of amides is 1. The van der Waals surface area contributed by atoms with Gasteiger partial charge in [-0.05, 0) is 29.8 Å². The van der Waals surface area contributed by atoms with Gasteiger partial charge in [-0.25, -0.2) is 4.98 Å². The van der Waals surface area contributed by atoms with Gasteiger partial charge in [0.1, 0.15) is 5.82 Å². The van der Waals surface area contributed by atoms with Crippen LogP contribution in [0.3, 0.4) is 0 Å². The van der Waals surface area contributed by atoms with Crippen LogP contribution < -0.4 is 5.32 Å². The molecule has 26 heavy (non-hydrogen) atoms. The fourth-order valence-electron chi connectivity index (χ4n) is 2.23. The first-order valence-corrected chi connectivity index (χ1v) is 7.66. The summed E-state index contributed by atoms with van der Waals surface area (Å²) in [5.74, 6) is 0.305. The van der Waals surface area contributed by atoms with Gasteiger partial charge in [-0.1, -0.05) is 12.1 Å². The third-order valence-electron chi connectivity index (χ3n) is 3.57. The van der Waals surface area contributed by atoms with Crippen LogP contribution in [0, 0.1) is 0 Å². The summed E-state index contributed by atoms with van der Waals surface area (Å²) in [5.41, 5.74) is 0.599. The minimum Gasteiger partial charge on any atom is -0.352 e. The fraction of sp³-hybridized carbons (Fsp3) is 0.176. The molecule has 3 rings (SSSR count). The SMILES string of the molecule is O=C(Cc1nc(-c2ccc(C(F)(F)F)cc2)n[nH]1)NCc1ccncc1. The van der Waals surface area contributed by atoms with Gasteiger partial charge >= 0.3 is 6.18 Å². The van der Waals surface area contributed by atoms with Crippen LogP contribution >= 0.6 is 0 Å². The number of rotatable bonds is 5. The molecule has 0 bridgehead atoms. The number of benzene rings is 1. The summed E-state index contributed by atoms with van der Waals surface area (Å²) >= 11 is 0. The lowest BCUT2D eigenvalue weighted by molar-refractivity contribution is -0.137. The minimum absolute atomic E-state index is 0.0152. The Morgan fingerprint density at radius 1 is 1.08 bits per heavy atom. The molecule has 0 saturated heterocycles. The van der Waals surface area contributed by atoms with E-state index in [4.69, 9.17) is 0 Å². The number of carbonyl (C=O) groups is 1. The van der Waals surface area contributed by atoms with E-state index in [9.17, 15) is 18.0 Å². The molecular formula is C17H14F3N5O. The molecule has 134 valence electrons. The number of nitrogens with one attached hydrogen (secondary N) is 2. The van der Waals surface area contributed by atoms with Crippen molar-refractivity contribution >= 4 is 5.91 Å². The number of halogens is 3. The average Bonchev–Trinajstić information content (AvgIpc) is 3.09. The van der Waals surface area contributed by atoms with E-state index in [1.54, 1.807) is 24.5 Å². The first-order chi connectivity index (χ1) is 12.4. The molecular weight excluding hydrogens is 347 g/mol. The first-order valence-electron chi connectivity index (χ1n) is 7.66. The number of pyridine rings is 1. The molecule has 6 nitrogen and oxygen atoms in total. The van der Waals surface area contributed by atoms with Crippen LogP contribution in [0.2, 0.25) is 0 Å². The summed E-state index contributed by atoms with van der Waals surface area (Å²) in [7, 11) is 0. The molecule has 2 N–H and O–H groups in total. The Morgan fingerprint density at radius 2 is 1.77 bits per heavy atom. The quantitative estimate of drug-likeness (QED) is 0.732. The van der Waals surface area contributed by atoms with Crippen molar-refractivity contribution in [3.8, 4) is 11.4 Å². The molecule has 0 unspecified atom stereocenters. The van der Waals surface area contributed by atoms with E-state index >= 15 is 0 Å². The summed E-state index contributed by atoms with van der Waals surface area (Å²) in [4.78, 5) is 20.0. The molecule has 1 aromatic carbocycles. The van der Waals surface area contributed by atoms with Gasteiger partial charge in [-0.3, -0.25) is 14.9 Å². The Balaban J connectivity index is 1.60. The summed E-state index contributed by atoms with van der Waals surface area (Å²) < 4.78 is 37.7. The number of hydrogen-bond acceptors (Lipinski definition) is 4. The van der Waals surface area contributed by atoms with E-state index in [1.807, 2.05) is 0 Å². The Kier molecular flexibility index (Phi) is 4.97. The Hall–Kier alpha value is -3.23. The standard InChI is InChI=1S/C17H14F3N5O/c18-17(19,20)13-3-1-12(2-4-13)16-23-14(24-25-16)9-15(26)22-10-11-5-7-21-8-6-11/h1-8H,9-10H2,(H,22,26)(H,23,24,25). The third kappa shape index (κ3) is 4.44. The molecule has 0 atom stereocenters. The zero-order valence-electron chi connectivity index (χ0n) is 13.4. The number of aromatic nitrogens is 4. The lowest BCUT2D eigenvalue weighted by Gasteiger charge is -2.06. The van der Waals surface area contributed by atoms with Gasteiger partial charge in [0.25, 0.3) is 0 Å². The van der Waals surface area contributed by atoms with Crippen molar-refractivity contribution < 1.29 is 18.0 Å². The number of hydrogen-bond donors (Lipinski definition) is 2. The van der Waals surface area contributed by atoms with Gasteiger partial charge in [0, 0.05) is 24.5 Å². The molecule has 3 aromatic rings. The maximum absolute atomic E-state index is 12.6. The van der Waals surface area contributed by atoms with Gasteiger partial charge in [-0.15, -0.1) is 0 Å². The number of H-pyrrole nitrogens is 1. The average molecular weight is 361 g/mol. The second-order valence-electron chi connectivity index (χ2n) is 5.49. The predicted molar refractivity (Wildman–Crippen MR) is 86.6 cm³/mol. The van der Waals surface area contributed by atoms with E-state index < -0.39 is 11.7 Å². The van der Waals surface area contributed by atoms with Crippen LogP contribution in [-0.4, -0.2) is 26.1 Å². The molecule has 0 radical (unpaired) electrons. The normalized spacial score (nSPS) is 11.3. The predicted octanol–water partition coefficient (Wildman–Crippen LogP) is 2.74. The smallest absolute Gasteiger partial charge is 0.352 e. The van der Waals surface area contributed by atoms with Gasteiger partial charge in [0.05, 0.1) is 12.0 Å². The number of nitrogens with zero attached hydrogens (tertiary/aromatic N) is 3. The van der Waals surface area contributed by atoms with Crippen LogP contribution in [0.25, 0.3) is 11.4 Å².